The van der Waals surface area contributed by atoms with Crippen LogP contribution in [-0.4, -0.2) is 41.0 Å². The lowest BCUT2D eigenvalue weighted by molar-refractivity contribution is 0.0535. The third-order valence-corrected chi connectivity index (χ3v) is 5.01. The number of hydrogen-bond donors (Lipinski definition) is 1. The lowest BCUT2D eigenvalue weighted by Crippen LogP contribution is -2.34. The van der Waals surface area contributed by atoms with Gasteiger partial charge in [-0.05, 0) is 43.5 Å². The highest BCUT2D eigenvalue weighted by molar-refractivity contribution is 6.18. The van der Waals surface area contributed by atoms with Gasteiger partial charge in [0.15, 0.2) is 0 Å². The molecule has 1 saturated heterocycles. The third-order valence-electron chi connectivity index (χ3n) is 4.65. The van der Waals surface area contributed by atoms with E-state index < -0.39 is 6.10 Å². The zero-order valence-electron chi connectivity index (χ0n) is 12.1. The number of aliphatic hydroxyl groups is 1. The number of carbonyl (C=O) groups excluding carboxylic acids is 1. The van der Waals surface area contributed by atoms with Crippen molar-refractivity contribution in [2.45, 2.75) is 38.5 Å². The summed E-state index contributed by atoms with van der Waals surface area (Å²) in [4.78, 5) is 13.8. The topological polar surface area (TPSA) is 49.8 Å². The lowest BCUT2D eigenvalue weighted by atomic mass is 9.95. The number of ether oxygens (including phenoxy) is 1. The molecule has 3 rings (SSSR count). The van der Waals surface area contributed by atoms with Crippen LogP contribution >= 0.6 is 11.6 Å². The van der Waals surface area contributed by atoms with Gasteiger partial charge < -0.3 is 9.84 Å². The van der Waals surface area contributed by atoms with Crippen molar-refractivity contribution in [3.05, 3.63) is 34.4 Å². The standard InChI is InChI=1S/C16H20ClNO3/c1-10-12(4-5-13-14(10)9-21-16(13)20)15(19)8-18-6-2-3-11(18)7-17/h4-5,11,15,19H,2-3,6-9H2,1H3/t11?,15-/m0/s1. The molecule has 1 fully saturated rings. The zero-order chi connectivity index (χ0) is 15.0. The van der Waals surface area contributed by atoms with Gasteiger partial charge in [-0.2, -0.15) is 0 Å². The molecule has 5 heteroatoms. The summed E-state index contributed by atoms with van der Waals surface area (Å²) >= 11 is 5.98. The van der Waals surface area contributed by atoms with Crippen molar-refractivity contribution in [2.75, 3.05) is 19.0 Å². The monoisotopic (exact) mass is 309 g/mol. The summed E-state index contributed by atoms with van der Waals surface area (Å²) < 4.78 is 5.06. The van der Waals surface area contributed by atoms with Crippen molar-refractivity contribution >= 4 is 17.6 Å². The molecule has 21 heavy (non-hydrogen) atoms. The van der Waals surface area contributed by atoms with Crippen LogP contribution in [-0.2, 0) is 11.3 Å². The number of cyclic esters (lactones) is 1. The minimum absolute atomic E-state index is 0.268. The van der Waals surface area contributed by atoms with E-state index in [1.54, 1.807) is 6.07 Å². The average Bonchev–Trinajstić information content (AvgIpc) is 3.06. The minimum Gasteiger partial charge on any atom is -0.457 e. The number of hydrogen-bond acceptors (Lipinski definition) is 4. The molecule has 0 bridgehead atoms. The van der Waals surface area contributed by atoms with Gasteiger partial charge in [0, 0.05) is 24.0 Å². The number of carbonyl (C=O) groups is 1. The zero-order valence-corrected chi connectivity index (χ0v) is 12.9. The van der Waals surface area contributed by atoms with Gasteiger partial charge >= 0.3 is 5.97 Å². The van der Waals surface area contributed by atoms with E-state index >= 15 is 0 Å². The molecule has 0 amide bonds. The van der Waals surface area contributed by atoms with Gasteiger partial charge in [0.25, 0.3) is 0 Å². The summed E-state index contributed by atoms with van der Waals surface area (Å²) in [6.45, 7) is 3.84. The first-order chi connectivity index (χ1) is 10.1. The smallest absolute Gasteiger partial charge is 0.338 e. The molecule has 114 valence electrons. The second kappa shape index (κ2) is 5.95. The van der Waals surface area contributed by atoms with Crippen LogP contribution in [0.4, 0.5) is 0 Å². The van der Waals surface area contributed by atoms with E-state index in [2.05, 4.69) is 4.90 Å². The number of fused-ring (bicyclic) bond motifs is 1. The Morgan fingerprint density at radius 1 is 1.52 bits per heavy atom. The predicted octanol–water partition coefficient (Wildman–Crippen LogP) is 2.40. The van der Waals surface area contributed by atoms with Crippen LogP contribution in [0.3, 0.4) is 0 Å². The number of likely N-dealkylation sites (tertiary alicyclic amines) is 1. The molecule has 2 aliphatic heterocycles. The molecule has 0 aromatic heterocycles. The Hall–Kier alpha value is -1.10. The fraction of sp³-hybridized carbons (Fsp3) is 0.562. The van der Waals surface area contributed by atoms with E-state index in [9.17, 15) is 9.90 Å². The lowest BCUT2D eigenvalue weighted by Gasteiger charge is -2.26. The molecule has 0 aliphatic carbocycles. The summed E-state index contributed by atoms with van der Waals surface area (Å²) in [6.07, 6.45) is 1.67. The Labute approximate surface area is 129 Å². The van der Waals surface area contributed by atoms with Crippen LogP contribution in [0.1, 0.15) is 46.0 Å². The molecular formula is C16H20ClNO3. The van der Waals surface area contributed by atoms with Crippen LogP contribution in [0, 0.1) is 6.92 Å². The maximum Gasteiger partial charge on any atom is 0.338 e. The molecular weight excluding hydrogens is 290 g/mol. The van der Waals surface area contributed by atoms with Crippen LogP contribution in [0.15, 0.2) is 12.1 Å². The fourth-order valence-electron chi connectivity index (χ4n) is 3.36. The fourth-order valence-corrected chi connectivity index (χ4v) is 3.71. The SMILES string of the molecule is Cc1c([C@@H](O)CN2CCCC2CCl)ccc2c1COC2=O. The Bertz CT molecular complexity index is 561. The number of esters is 1. The largest absolute Gasteiger partial charge is 0.457 e. The quantitative estimate of drug-likeness (QED) is 0.685. The van der Waals surface area contributed by atoms with Crippen LogP contribution in [0.5, 0.6) is 0 Å². The van der Waals surface area contributed by atoms with E-state index in [0.717, 1.165) is 36.1 Å². The van der Waals surface area contributed by atoms with Gasteiger partial charge in [-0.1, -0.05) is 6.07 Å². The van der Waals surface area contributed by atoms with Gasteiger partial charge in [0.2, 0.25) is 0 Å². The van der Waals surface area contributed by atoms with Crippen LogP contribution < -0.4 is 0 Å². The van der Waals surface area contributed by atoms with Gasteiger partial charge in [0.1, 0.15) is 6.61 Å². The van der Waals surface area contributed by atoms with Crippen LogP contribution in [0.25, 0.3) is 0 Å². The van der Waals surface area contributed by atoms with E-state index in [-0.39, 0.29) is 5.97 Å². The molecule has 1 unspecified atom stereocenters. The normalized spacial score (nSPS) is 23.2. The summed E-state index contributed by atoms with van der Waals surface area (Å²) in [6, 6.07) is 3.97. The van der Waals surface area contributed by atoms with Crippen molar-refractivity contribution in [2.24, 2.45) is 0 Å². The summed E-state index contributed by atoms with van der Waals surface area (Å²) in [5, 5.41) is 10.6. The maximum absolute atomic E-state index is 11.6. The third kappa shape index (κ3) is 2.68. The van der Waals surface area contributed by atoms with Crippen molar-refractivity contribution in [3.63, 3.8) is 0 Å². The Balaban J connectivity index is 1.79. The van der Waals surface area contributed by atoms with Crippen molar-refractivity contribution in [1.29, 1.82) is 0 Å². The van der Waals surface area contributed by atoms with Gasteiger partial charge in [-0.25, -0.2) is 4.79 Å². The first-order valence-electron chi connectivity index (χ1n) is 7.39. The van der Waals surface area contributed by atoms with Crippen molar-refractivity contribution < 1.29 is 14.6 Å². The highest BCUT2D eigenvalue weighted by Gasteiger charge is 2.29. The number of β-amino-alcohol motifs (C(OH)–C–C–N with tert-alkyl or cyclic N) is 1. The maximum atomic E-state index is 11.6. The summed E-state index contributed by atoms with van der Waals surface area (Å²) in [5.41, 5.74) is 3.38. The average molecular weight is 310 g/mol. The summed E-state index contributed by atoms with van der Waals surface area (Å²) in [5.74, 6) is 0.342. The van der Waals surface area contributed by atoms with Crippen molar-refractivity contribution in [1.82, 2.24) is 4.90 Å². The number of alkyl halides is 1. The molecule has 2 atom stereocenters. The molecule has 2 aliphatic rings. The van der Waals surface area contributed by atoms with Gasteiger partial charge in [0.05, 0.1) is 11.7 Å². The molecule has 4 nitrogen and oxygen atoms in total. The van der Waals surface area contributed by atoms with Crippen LogP contribution in [0.2, 0.25) is 0 Å². The van der Waals surface area contributed by atoms with E-state index in [1.807, 2.05) is 13.0 Å². The Morgan fingerprint density at radius 2 is 2.33 bits per heavy atom. The van der Waals surface area contributed by atoms with E-state index in [4.69, 9.17) is 16.3 Å². The number of rotatable bonds is 4. The van der Waals surface area contributed by atoms with E-state index in [1.165, 1.54) is 0 Å². The second-order valence-corrected chi connectivity index (χ2v) is 6.15. The number of aliphatic hydroxyl groups excluding tert-OH is 1. The highest BCUT2D eigenvalue weighted by Crippen LogP contribution is 2.30. The molecule has 1 aromatic rings. The van der Waals surface area contributed by atoms with Crippen molar-refractivity contribution in [3.8, 4) is 0 Å². The number of halogens is 1. The summed E-state index contributed by atoms with van der Waals surface area (Å²) in [7, 11) is 0. The Morgan fingerprint density at radius 3 is 3.10 bits per heavy atom. The molecule has 1 aromatic carbocycles. The van der Waals surface area contributed by atoms with E-state index in [0.29, 0.717) is 30.6 Å². The molecule has 0 spiro atoms. The molecule has 1 N–H and O–H groups in total. The van der Waals surface area contributed by atoms with Gasteiger partial charge in [-0.15, -0.1) is 11.6 Å². The molecule has 2 heterocycles. The minimum atomic E-state index is -0.560. The number of benzene rings is 1. The molecule has 0 radical (unpaired) electrons. The number of nitrogens with zero attached hydrogens (tertiary/aromatic N) is 1. The first-order valence-corrected chi connectivity index (χ1v) is 7.93. The highest BCUT2D eigenvalue weighted by atomic mass is 35.5. The molecule has 0 saturated carbocycles. The first kappa shape index (κ1) is 14.8. The second-order valence-electron chi connectivity index (χ2n) is 5.84. The van der Waals surface area contributed by atoms with Gasteiger partial charge in [-0.3, -0.25) is 4.90 Å². The predicted molar refractivity (Wildman–Crippen MR) is 80.6 cm³/mol. The Kier molecular flexibility index (Phi) is 4.20.